The highest BCUT2D eigenvalue weighted by molar-refractivity contribution is 7.52. The third-order valence-electron chi connectivity index (χ3n) is 5.07. The van der Waals surface area contributed by atoms with Crippen LogP contribution in [0.2, 0.25) is 0 Å². The number of carbonyl (C=O) groups is 2. The molecule has 13 nitrogen and oxygen atoms in total. The van der Waals surface area contributed by atoms with Crippen molar-refractivity contribution in [2.45, 2.75) is 84.2 Å². The molecule has 2 rings (SSSR count). The maximum absolute atomic E-state index is 12.6. The lowest BCUT2D eigenvalue weighted by molar-refractivity contribution is -0.142. The van der Waals surface area contributed by atoms with Gasteiger partial charge in [-0.1, -0.05) is 13.3 Å². The number of ether oxygens (including phenoxy) is 2. The number of nitrogens with zero attached hydrogens (tertiary/aromatic N) is 2. The van der Waals surface area contributed by atoms with E-state index >= 15 is 0 Å². The number of aliphatic hydroxyl groups is 2. The molecule has 6 atom stereocenters. The van der Waals surface area contributed by atoms with Crippen molar-refractivity contribution in [3.63, 3.8) is 0 Å². The minimum Gasteiger partial charge on any atom is -0.461 e. The van der Waals surface area contributed by atoms with Gasteiger partial charge in [0.15, 0.2) is 6.23 Å². The highest BCUT2D eigenvalue weighted by atomic mass is 31.2. The molecule has 0 bridgehead atoms. The number of unbranched alkanes of at least 4 members (excludes halogenated alkanes) is 1. The summed E-state index contributed by atoms with van der Waals surface area (Å²) in [6.45, 7) is 5.50. The van der Waals surface area contributed by atoms with Gasteiger partial charge in [-0.2, -0.15) is 4.98 Å². The largest absolute Gasteiger partial charge is 0.461 e. The van der Waals surface area contributed by atoms with Gasteiger partial charge < -0.3 is 34.4 Å². The van der Waals surface area contributed by atoms with E-state index in [2.05, 4.69) is 10.3 Å². The third-order valence-corrected chi connectivity index (χ3v) is 6.64. The minimum atomic E-state index is -3.82. The molecule has 14 heteroatoms. The highest BCUT2D eigenvalue weighted by Gasteiger charge is 2.45. The Morgan fingerprint density at radius 1 is 1.32 bits per heavy atom. The Hall–Kier alpha value is -2.15. The van der Waals surface area contributed by atoms with Crippen molar-refractivity contribution in [1.29, 1.82) is 0 Å². The number of rotatable bonds is 11. The number of hydrogen-bond donors (Lipinski definition) is 4. The molecule has 1 saturated heterocycles. The Morgan fingerprint density at radius 3 is 2.59 bits per heavy atom. The lowest BCUT2D eigenvalue weighted by atomic mass is 10.1. The zero-order chi connectivity index (χ0) is 25.6. The van der Waals surface area contributed by atoms with Crippen molar-refractivity contribution in [2.24, 2.45) is 0 Å². The molecule has 1 aromatic rings. The molecular formula is C20H32N3O10P. The summed E-state index contributed by atoms with van der Waals surface area (Å²) >= 11 is 0. The fraction of sp³-hybridized carbons (Fsp3) is 0.700. The van der Waals surface area contributed by atoms with Crippen molar-refractivity contribution in [2.75, 3.05) is 11.5 Å². The maximum atomic E-state index is 12.6. The van der Waals surface area contributed by atoms with Gasteiger partial charge in [-0.15, -0.1) is 0 Å². The first-order valence-corrected chi connectivity index (χ1v) is 12.7. The second-order valence-corrected chi connectivity index (χ2v) is 10.1. The first kappa shape index (κ1) is 28.1. The molecule has 192 valence electrons. The van der Waals surface area contributed by atoms with E-state index in [0.717, 1.165) is 11.0 Å². The van der Waals surface area contributed by atoms with Crippen LogP contribution in [0.25, 0.3) is 0 Å². The quantitative estimate of drug-likeness (QED) is 0.244. The topological polar surface area (TPSA) is 187 Å². The van der Waals surface area contributed by atoms with E-state index in [1.54, 1.807) is 0 Å². The molecule has 1 fully saturated rings. The van der Waals surface area contributed by atoms with Crippen LogP contribution in [0.1, 0.15) is 58.7 Å². The molecule has 3 unspecified atom stereocenters. The smallest absolute Gasteiger partial charge is 0.351 e. The maximum Gasteiger partial charge on any atom is 0.351 e. The predicted octanol–water partition coefficient (Wildman–Crippen LogP) is 0.665. The number of carbonyl (C=O) groups excluding carboxylic acids is 2. The van der Waals surface area contributed by atoms with Gasteiger partial charge in [0.2, 0.25) is 5.91 Å². The molecular weight excluding hydrogens is 473 g/mol. The fourth-order valence-electron chi connectivity index (χ4n) is 3.47. The summed E-state index contributed by atoms with van der Waals surface area (Å²) in [5.74, 6) is -1.23. The second-order valence-electron chi connectivity index (χ2n) is 8.18. The number of aromatic nitrogens is 2. The van der Waals surface area contributed by atoms with Crippen LogP contribution in [0.15, 0.2) is 11.0 Å². The van der Waals surface area contributed by atoms with Crippen molar-refractivity contribution >= 4 is 25.3 Å². The molecule has 0 radical (unpaired) electrons. The Balaban J connectivity index is 2.22. The number of anilines is 1. The molecule has 4 N–H and O–H groups in total. The van der Waals surface area contributed by atoms with E-state index in [1.165, 1.54) is 27.0 Å². The van der Waals surface area contributed by atoms with E-state index in [0.29, 0.717) is 6.42 Å². The van der Waals surface area contributed by atoms with Gasteiger partial charge in [0.25, 0.3) is 0 Å². The predicted molar refractivity (Wildman–Crippen MR) is 119 cm³/mol. The van der Waals surface area contributed by atoms with E-state index in [1.807, 2.05) is 6.92 Å². The van der Waals surface area contributed by atoms with E-state index in [4.69, 9.17) is 14.0 Å². The number of amides is 1. The van der Waals surface area contributed by atoms with Crippen LogP contribution in [0.4, 0.5) is 5.82 Å². The lowest BCUT2D eigenvalue weighted by Gasteiger charge is -2.22. The van der Waals surface area contributed by atoms with Crippen LogP contribution in [-0.4, -0.2) is 67.1 Å². The van der Waals surface area contributed by atoms with E-state index in [9.17, 15) is 34.1 Å². The summed E-state index contributed by atoms with van der Waals surface area (Å²) in [5.41, 5.74) is -0.733. The van der Waals surface area contributed by atoms with Crippen LogP contribution in [0.3, 0.4) is 0 Å². The van der Waals surface area contributed by atoms with Crippen molar-refractivity contribution in [1.82, 2.24) is 9.55 Å². The van der Waals surface area contributed by atoms with Gasteiger partial charge in [-0.3, -0.25) is 18.7 Å². The Bertz CT molecular complexity index is 984. The van der Waals surface area contributed by atoms with Crippen LogP contribution < -0.4 is 11.0 Å². The number of aliphatic hydroxyl groups excluding tert-OH is 2. The van der Waals surface area contributed by atoms with Crippen LogP contribution in [0.5, 0.6) is 0 Å². The molecule has 1 amide bonds. The third kappa shape index (κ3) is 7.69. The van der Waals surface area contributed by atoms with E-state index < -0.39 is 55.8 Å². The van der Waals surface area contributed by atoms with Crippen LogP contribution in [0, 0.1) is 0 Å². The van der Waals surface area contributed by atoms with Gasteiger partial charge in [-0.05, 0) is 13.3 Å². The summed E-state index contributed by atoms with van der Waals surface area (Å²) in [6.07, 6.45) is -3.69. The zero-order valence-electron chi connectivity index (χ0n) is 19.5. The van der Waals surface area contributed by atoms with Crippen molar-refractivity contribution in [3.8, 4) is 0 Å². The van der Waals surface area contributed by atoms with Gasteiger partial charge in [0.1, 0.15) is 24.6 Å². The number of hydrogen-bond acceptors (Lipinski definition) is 10. The van der Waals surface area contributed by atoms with Crippen molar-refractivity contribution < 1.29 is 43.3 Å². The first-order valence-electron chi connectivity index (χ1n) is 10.9. The molecule has 2 heterocycles. The lowest BCUT2D eigenvalue weighted by Crippen LogP contribution is -2.36. The summed E-state index contributed by atoms with van der Waals surface area (Å²) < 4.78 is 28.9. The number of esters is 1. The molecule has 1 aliphatic heterocycles. The monoisotopic (exact) mass is 505 g/mol. The van der Waals surface area contributed by atoms with Gasteiger partial charge in [0, 0.05) is 38.2 Å². The molecule has 34 heavy (non-hydrogen) atoms. The standard InChI is InChI=1S/C20H32N3O10P/c1-5-6-7-34(29,30)33-11(2)8-15-16(26)17(27)19(32-15)23-9-14(10-31-13(4)25)18(21-12(3)24)22-20(23)28/h9,11,15-17,19,26-27H,5-8,10H2,1-4H3,(H,29,30)(H,21,22,24,28)/t11?,15-,16-,17-,19?/m1/s1. The zero-order valence-corrected chi connectivity index (χ0v) is 20.4. The Labute approximate surface area is 196 Å². The molecule has 1 aromatic heterocycles. The van der Waals surface area contributed by atoms with Crippen molar-refractivity contribution in [3.05, 3.63) is 22.2 Å². The molecule has 1 aliphatic rings. The van der Waals surface area contributed by atoms with Gasteiger partial charge in [-0.25, -0.2) is 4.79 Å². The molecule has 0 aromatic carbocycles. The summed E-state index contributed by atoms with van der Waals surface area (Å²) in [6, 6.07) is 0. The Morgan fingerprint density at radius 2 is 2.00 bits per heavy atom. The van der Waals surface area contributed by atoms with Crippen LogP contribution >= 0.6 is 7.60 Å². The summed E-state index contributed by atoms with van der Waals surface area (Å²) in [5, 5.41) is 23.4. The average molecular weight is 505 g/mol. The first-order chi connectivity index (χ1) is 15.8. The molecule has 0 aliphatic carbocycles. The normalized spacial score (nSPS) is 24.9. The van der Waals surface area contributed by atoms with E-state index in [-0.39, 0.29) is 30.6 Å². The minimum absolute atomic E-state index is 0.0000117. The van der Waals surface area contributed by atoms with Crippen LogP contribution in [-0.2, 0) is 34.8 Å². The second kappa shape index (κ2) is 12.0. The summed E-state index contributed by atoms with van der Waals surface area (Å²) in [7, 11) is -3.82. The molecule has 0 saturated carbocycles. The average Bonchev–Trinajstić information content (AvgIpc) is 2.99. The highest BCUT2D eigenvalue weighted by Crippen LogP contribution is 2.45. The molecule has 0 spiro atoms. The Kier molecular flexibility index (Phi) is 9.92. The van der Waals surface area contributed by atoms with Gasteiger partial charge in [0.05, 0.1) is 12.2 Å². The fourth-order valence-corrected chi connectivity index (χ4v) is 4.94. The van der Waals surface area contributed by atoms with Gasteiger partial charge >= 0.3 is 19.3 Å². The summed E-state index contributed by atoms with van der Waals surface area (Å²) in [4.78, 5) is 49.0. The SMILES string of the molecule is CCCCP(=O)(O)OC(C)C[C@H]1OC(n2cc(COC(C)=O)c(NC(C)=O)nc2=O)[C@H](O)[C@@H]1O. The number of nitrogens with one attached hydrogen (secondary N) is 1.